The van der Waals surface area contributed by atoms with Gasteiger partial charge in [-0.15, -0.1) is 11.3 Å². The molecule has 0 saturated heterocycles. The van der Waals surface area contributed by atoms with Crippen LogP contribution < -0.4 is 11.1 Å². The minimum atomic E-state index is -0.573. The third-order valence-electron chi connectivity index (χ3n) is 2.82. The zero-order chi connectivity index (χ0) is 14.5. The van der Waals surface area contributed by atoms with E-state index in [9.17, 15) is 9.18 Å². The molecule has 0 aliphatic heterocycles. The lowest BCUT2D eigenvalue weighted by atomic mass is 10.1. The number of hydrogen-bond donors (Lipinski definition) is 2. The van der Waals surface area contributed by atoms with E-state index >= 15 is 0 Å². The third-order valence-corrected chi connectivity index (χ3v) is 3.84. The largest absolute Gasteiger partial charge is 0.396 e. The summed E-state index contributed by atoms with van der Waals surface area (Å²) in [5, 5.41) is 5.79. The van der Waals surface area contributed by atoms with E-state index in [1.807, 2.05) is 12.3 Å². The average molecular weight is 293 g/mol. The van der Waals surface area contributed by atoms with Crippen LogP contribution in [0.15, 0.2) is 23.6 Å². The molecule has 0 radical (unpaired) electrons. The normalized spacial score (nSPS) is 10.5. The molecule has 1 amide bonds. The fraction of sp³-hybridized carbons (Fsp3) is 0.286. The molecule has 106 valence electrons. The molecule has 1 aromatic carbocycles. The molecule has 2 aromatic rings. The summed E-state index contributed by atoms with van der Waals surface area (Å²) < 4.78 is 13.2. The first-order chi connectivity index (χ1) is 9.58. The molecule has 6 heteroatoms. The van der Waals surface area contributed by atoms with Crippen LogP contribution in [0, 0.1) is 12.7 Å². The highest BCUT2D eigenvalue weighted by molar-refractivity contribution is 7.09. The van der Waals surface area contributed by atoms with Crippen molar-refractivity contribution in [3.63, 3.8) is 0 Å². The maximum absolute atomic E-state index is 13.2. The van der Waals surface area contributed by atoms with Crippen molar-refractivity contribution in [2.24, 2.45) is 0 Å². The number of para-hydroxylation sites is 1. The first-order valence-corrected chi connectivity index (χ1v) is 7.19. The number of thiazole rings is 1. The van der Waals surface area contributed by atoms with Gasteiger partial charge in [0.2, 0.25) is 0 Å². The number of rotatable bonds is 5. The standard InChI is InChI=1S/C14H16FN3OS/c1-9-8-20-12(18-9)6-3-7-17-14(19)10-4-2-5-11(15)13(10)16/h2,4-5,8H,3,6-7,16H2,1H3,(H,17,19). The van der Waals surface area contributed by atoms with Crippen molar-refractivity contribution in [3.8, 4) is 0 Å². The molecule has 0 aliphatic rings. The van der Waals surface area contributed by atoms with Crippen molar-refractivity contribution in [2.45, 2.75) is 19.8 Å². The molecule has 0 fully saturated rings. The molecule has 0 saturated carbocycles. The fourth-order valence-corrected chi connectivity index (χ4v) is 2.61. The van der Waals surface area contributed by atoms with Gasteiger partial charge in [0.25, 0.3) is 5.91 Å². The van der Waals surface area contributed by atoms with Crippen molar-refractivity contribution in [1.82, 2.24) is 10.3 Å². The first-order valence-electron chi connectivity index (χ1n) is 6.31. The smallest absolute Gasteiger partial charge is 0.253 e. The Morgan fingerprint density at radius 3 is 3.00 bits per heavy atom. The number of carbonyl (C=O) groups is 1. The average Bonchev–Trinajstić information content (AvgIpc) is 2.83. The topological polar surface area (TPSA) is 68.0 Å². The van der Waals surface area contributed by atoms with Crippen molar-refractivity contribution < 1.29 is 9.18 Å². The van der Waals surface area contributed by atoms with Gasteiger partial charge in [-0.3, -0.25) is 4.79 Å². The predicted octanol–water partition coefficient (Wildman–Crippen LogP) is 2.54. The lowest BCUT2D eigenvalue weighted by molar-refractivity contribution is 0.0953. The maximum atomic E-state index is 13.2. The van der Waals surface area contributed by atoms with Crippen molar-refractivity contribution in [1.29, 1.82) is 0 Å². The highest BCUT2D eigenvalue weighted by Crippen LogP contribution is 2.15. The molecule has 0 atom stereocenters. The monoisotopic (exact) mass is 293 g/mol. The summed E-state index contributed by atoms with van der Waals surface area (Å²) >= 11 is 1.62. The molecule has 4 nitrogen and oxygen atoms in total. The van der Waals surface area contributed by atoms with Gasteiger partial charge < -0.3 is 11.1 Å². The number of nitrogens with zero attached hydrogens (tertiary/aromatic N) is 1. The Bertz CT molecular complexity index is 612. The Balaban J connectivity index is 1.82. The van der Waals surface area contributed by atoms with Crippen LogP contribution >= 0.6 is 11.3 Å². The maximum Gasteiger partial charge on any atom is 0.253 e. The van der Waals surface area contributed by atoms with E-state index in [2.05, 4.69) is 10.3 Å². The highest BCUT2D eigenvalue weighted by Gasteiger charge is 2.11. The highest BCUT2D eigenvalue weighted by atomic mass is 32.1. The number of benzene rings is 1. The van der Waals surface area contributed by atoms with Gasteiger partial charge in [-0.25, -0.2) is 9.37 Å². The predicted molar refractivity (Wildman–Crippen MR) is 78.3 cm³/mol. The number of aryl methyl sites for hydroxylation is 2. The van der Waals surface area contributed by atoms with Gasteiger partial charge in [-0.1, -0.05) is 6.07 Å². The van der Waals surface area contributed by atoms with Gasteiger partial charge in [0.1, 0.15) is 5.82 Å². The van der Waals surface area contributed by atoms with Crippen LogP contribution in [0.3, 0.4) is 0 Å². The van der Waals surface area contributed by atoms with Crippen LogP contribution in [0.5, 0.6) is 0 Å². The van der Waals surface area contributed by atoms with E-state index in [0.29, 0.717) is 6.54 Å². The minimum Gasteiger partial charge on any atom is -0.396 e. The Morgan fingerprint density at radius 1 is 1.50 bits per heavy atom. The van der Waals surface area contributed by atoms with Crippen LogP contribution in [0.4, 0.5) is 10.1 Å². The van der Waals surface area contributed by atoms with Gasteiger partial charge in [-0.05, 0) is 25.5 Å². The second kappa shape index (κ2) is 6.47. The Hall–Kier alpha value is -1.95. The number of amides is 1. The van der Waals surface area contributed by atoms with Crippen LogP contribution in [-0.2, 0) is 6.42 Å². The SMILES string of the molecule is Cc1csc(CCCNC(=O)c2cccc(F)c2N)n1. The number of carbonyl (C=O) groups excluding carboxylic acids is 1. The Kier molecular flexibility index (Phi) is 4.68. The molecule has 2 rings (SSSR count). The third kappa shape index (κ3) is 3.54. The van der Waals surface area contributed by atoms with Crippen LogP contribution in [0.25, 0.3) is 0 Å². The number of anilines is 1. The molecule has 0 unspecified atom stereocenters. The number of aromatic nitrogens is 1. The number of nitrogens with one attached hydrogen (secondary N) is 1. The van der Waals surface area contributed by atoms with E-state index in [-0.39, 0.29) is 17.2 Å². The van der Waals surface area contributed by atoms with E-state index in [1.54, 1.807) is 11.3 Å². The summed E-state index contributed by atoms with van der Waals surface area (Å²) in [5.74, 6) is -0.923. The van der Waals surface area contributed by atoms with E-state index in [4.69, 9.17) is 5.73 Å². The van der Waals surface area contributed by atoms with Crippen molar-refractivity contribution in [2.75, 3.05) is 12.3 Å². The van der Waals surface area contributed by atoms with Gasteiger partial charge in [0.05, 0.1) is 16.3 Å². The zero-order valence-electron chi connectivity index (χ0n) is 11.1. The van der Waals surface area contributed by atoms with Crippen LogP contribution in [-0.4, -0.2) is 17.4 Å². The molecule has 0 aliphatic carbocycles. The number of hydrogen-bond acceptors (Lipinski definition) is 4. The second-order valence-corrected chi connectivity index (χ2v) is 5.39. The van der Waals surface area contributed by atoms with Crippen molar-refractivity contribution in [3.05, 3.63) is 45.7 Å². The van der Waals surface area contributed by atoms with Gasteiger partial charge in [0.15, 0.2) is 0 Å². The van der Waals surface area contributed by atoms with Crippen molar-refractivity contribution >= 4 is 22.9 Å². The lowest BCUT2D eigenvalue weighted by Crippen LogP contribution is -2.25. The summed E-state index contributed by atoms with van der Waals surface area (Å²) in [6.45, 7) is 2.46. The van der Waals surface area contributed by atoms with E-state index in [1.165, 1.54) is 18.2 Å². The molecule has 1 heterocycles. The second-order valence-electron chi connectivity index (χ2n) is 4.44. The molecule has 0 spiro atoms. The summed E-state index contributed by atoms with van der Waals surface area (Å²) in [4.78, 5) is 16.2. The van der Waals surface area contributed by atoms with E-state index < -0.39 is 5.82 Å². The minimum absolute atomic E-state index is 0.111. The summed E-state index contributed by atoms with van der Waals surface area (Å²) in [7, 11) is 0. The molecule has 1 aromatic heterocycles. The number of halogens is 1. The summed E-state index contributed by atoms with van der Waals surface area (Å²) in [6, 6.07) is 4.22. The fourth-order valence-electron chi connectivity index (χ4n) is 1.79. The molecule has 0 bridgehead atoms. The zero-order valence-corrected chi connectivity index (χ0v) is 12.0. The van der Waals surface area contributed by atoms with Crippen LogP contribution in [0.1, 0.15) is 27.5 Å². The molecular weight excluding hydrogens is 277 g/mol. The van der Waals surface area contributed by atoms with Gasteiger partial charge in [-0.2, -0.15) is 0 Å². The summed E-state index contributed by atoms with van der Waals surface area (Å²) in [5.41, 5.74) is 6.62. The number of nitrogens with two attached hydrogens (primary N) is 1. The number of nitrogen functional groups attached to an aromatic ring is 1. The molecule has 20 heavy (non-hydrogen) atoms. The van der Waals surface area contributed by atoms with Crippen LogP contribution in [0.2, 0.25) is 0 Å². The van der Waals surface area contributed by atoms with Gasteiger partial charge in [0, 0.05) is 24.0 Å². The molecule has 3 N–H and O–H groups in total. The Morgan fingerprint density at radius 2 is 2.30 bits per heavy atom. The summed E-state index contributed by atoms with van der Waals surface area (Å²) in [6.07, 6.45) is 1.60. The first kappa shape index (κ1) is 14.5. The van der Waals surface area contributed by atoms with Gasteiger partial charge >= 0.3 is 0 Å². The lowest BCUT2D eigenvalue weighted by Gasteiger charge is -2.07. The molecular formula is C14H16FN3OS. The van der Waals surface area contributed by atoms with E-state index in [0.717, 1.165) is 23.5 Å². The quantitative estimate of drug-likeness (QED) is 0.657. The Labute approximate surface area is 120 Å².